The van der Waals surface area contributed by atoms with Gasteiger partial charge in [0, 0.05) is 25.3 Å². The maximum absolute atomic E-state index is 5.85. The summed E-state index contributed by atoms with van der Waals surface area (Å²) in [6, 6.07) is 8.26. The van der Waals surface area contributed by atoms with Crippen LogP contribution in [0.4, 0.5) is 0 Å². The van der Waals surface area contributed by atoms with E-state index in [1.54, 1.807) is 0 Å². The van der Waals surface area contributed by atoms with Gasteiger partial charge in [-0.2, -0.15) is 0 Å². The van der Waals surface area contributed by atoms with E-state index < -0.39 is 0 Å². The van der Waals surface area contributed by atoms with Crippen LogP contribution in [0.3, 0.4) is 0 Å². The van der Waals surface area contributed by atoms with Crippen LogP contribution in [0.15, 0.2) is 24.3 Å². The predicted octanol–water partition coefficient (Wildman–Crippen LogP) is 2.99. The van der Waals surface area contributed by atoms with Crippen LogP contribution in [-0.2, 0) is 11.3 Å². The van der Waals surface area contributed by atoms with Gasteiger partial charge in [-0.3, -0.25) is 0 Å². The second kappa shape index (κ2) is 7.51. The maximum atomic E-state index is 5.85. The summed E-state index contributed by atoms with van der Waals surface area (Å²) in [4.78, 5) is 0. The lowest BCUT2D eigenvalue weighted by Crippen LogP contribution is -2.26. The van der Waals surface area contributed by atoms with Gasteiger partial charge in [0.05, 0.1) is 12.7 Å². The van der Waals surface area contributed by atoms with Crippen molar-refractivity contribution in [2.24, 2.45) is 5.92 Å². The summed E-state index contributed by atoms with van der Waals surface area (Å²) in [7, 11) is 0. The van der Waals surface area contributed by atoms with Crippen LogP contribution < -0.4 is 10.1 Å². The standard InChI is InChI=1S/C16H25NO2/c1-13(2)12-19-16-8-4-3-6-14(16)10-17-11-15-7-5-9-18-15/h3-4,6,8,13,15,17H,5,7,9-12H2,1-2H3/t15-/m0/s1. The van der Waals surface area contributed by atoms with Gasteiger partial charge in [0.1, 0.15) is 5.75 Å². The van der Waals surface area contributed by atoms with Gasteiger partial charge in [0.2, 0.25) is 0 Å². The van der Waals surface area contributed by atoms with Crippen molar-refractivity contribution in [3.05, 3.63) is 29.8 Å². The van der Waals surface area contributed by atoms with Gasteiger partial charge in [-0.1, -0.05) is 32.0 Å². The second-order valence-electron chi connectivity index (χ2n) is 5.58. The van der Waals surface area contributed by atoms with Crippen LogP contribution in [-0.4, -0.2) is 25.9 Å². The van der Waals surface area contributed by atoms with Crippen LogP contribution in [0.2, 0.25) is 0 Å². The Labute approximate surface area is 116 Å². The highest BCUT2D eigenvalue weighted by Crippen LogP contribution is 2.19. The molecule has 1 atom stereocenters. The normalized spacial score (nSPS) is 19.0. The van der Waals surface area contributed by atoms with Crippen molar-refractivity contribution < 1.29 is 9.47 Å². The number of hydrogen-bond donors (Lipinski definition) is 1. The Balaban J connectivity index is 1.80. The molecular weight excluding hydrogens is 238 g/mol. The third-order valence-electron chi connectivity index (χ3n) is 3.26. The highest BCUT2D eigenvalue weighted by Gasteiger charge is 2.14. The lowest BCUT2D eigenvalue weighted by atomic mass is 10.2. The van der Waals surface area contributed by atoms with E-state index in [1.807, 2.05) is 12.1 Å². The summed E-state index contributed by atoms with van der Waals surface area (Å²) in [5.74, 6) is 1.55. The van der Waals surface area contributed by atoms with E-state index >= 15 is 0 Å². The molecule has 1 fully saturated rings. The smallest absolute Gasteiger partial charge is 0.123 e. The van der Waals surface area contributed by atoms with Gasteiger partial charge >= 0.3 is 0 Å². The van der Waals surface area contributed by atoms with E-state index in [-0.39, 0.29) is 0 Å². The zero-order valence-electron chi connectivity index (χ0n) is 12.0. The van der Waals surface area contributed by atoms with E-state index in [9.17, 15) is 0 Å². The zero-order valence-corrected chi connectivity index (χ0v) is 12.0. The summed E-state index contributed by atoms with van der Waals surface area (Å²) in [6.45, 7) is 7.78. The van der Waals surface area contributed by atoms with Crippen molar-refractivity contribution in [1.82, 2.24) is 5.32 Å². The Morgan fingerprint density at radius 2 is 2.21 bits per heavy atom. The van der Waals surface area contributed by atoms with E-state index in [0.717, 1.165) is 32.1 Å². The van der Waals surface area contributed by atoms with E-state index in [2.05, 4.69) is 31.3 Å². The summed E-state index contributed by atoms with van der Waals surface area (Å²) in [5, 5.41) is 3.47. The first kappa shape index (κ1) is 14.4. The van der Waals surface area contributed by atoms with Gasteiger partial charge in [-0.15, -0.1) is 0 Å². The topological polar surface area (TPSA) is 30.5 Å². The molecule has 0 spiro atoms. The first-order valence-electron chi connectivity index (χ1n) is 7.28. The summed E-state index contributed by atoms with van der Waals surface area (Å²) < 4.78 is 11.5. The molecule has 3 heteroatoms. The first-order valence-corrected chi connectivity index (χ1v) is 7.28. The van der Waals surface area contributed by atoms with E-state index in [0.29, 0.717) is 12.0 Å². The molecule has 19 heavy (non-hydrogen) atoms. The molecule has 0 aromatic heterocycles. The first-order chi connectivity index (χ1) is 9.25. The molecule has 1 N–H and O–H groups in total. The monoisotopic (exact) mass is 263 g/mol. The lowest BCUT2D eigenvalue weighted by Gasteiger charge is -2.15. The molecule has 0 unspecified atom stereocenters. The molecule has 1 aromatic carbocycles. The molecule has 1 aliphatic rings. The van der Waals surface area contributed by atoms with Gasteiger partial charge in [0.25, 0.3) is 0 Å². The van der Waals surface area contributed by atoms with Crippen molar-refractivity contribution in [1.29, 1.82) is 0 Å². The Kier molecular flexibility index (Phi) is 5.67. The van der Waals surface area contributed by atoms with Crippen molar-refractivity contribution >= 4 is 0 Å². The van der Waals surface area contributed by atoms with E-state index in [1.165, 1.54) is 18.4 Å². The summed E-state index contributed by atoms with van der Waals surface area (Å²) >= 11 is 0. The van der Waals surface area contributed by atoms with Crippen LogP contribution in [0.1, 0.15) is 32.3 Å². The van der Waals surface area contributed by atoms with Crippen molar-refractivity contribution in [3.8, 4) is 5.75 Å². The molecule has 0 saturated carbocycles. The van der Waals surface area contributed by atoms with Crippen LogP contribution in [0.25, 0.3) is 0 Å². The van der Waals surface area contributed by atoms with Crippen molar-refractivity contribution in [3.63, 3.8) is 0 Å². The fraction of sp³-hybridized carbons (Fsp3) is 0.625. The minimum atomic E-state index is 0.392. The minimum absolute atomic E-state index is 0.392. The number of ether oxygens (including phenoxy) is 2. The number of benzene rings is 1. The highest BCUT2D eigenvalue weighted by atomic mass is 16.5. The molecule has 1 aromatic rings. The van der Waals surface area contributed by atoms with Gasteiger partial charge < -0.3 is 14.8 Å². The molecule has 2 rings (SSSR count). The van der Waals surface area contributed by atoms with Crippen molar-refractivity contribution in [2.75, 3.05) is 19.8 Å². The molecule has 1 aliphatic heterocycles. The van der Waals surface area contributed by atoms with Crippen LogP contribution >= 0.6 is 0 Å². The average Bonchev–Trinajstić information content (AvgIpc) is 2.91. The number of nitrogens with one attached hydrogen (secondary N) is 1. The lowest BCUT2D eigenvalue weighted by molar-refractivity contribution is 0.110. The van der Waals surface area contributed by atoms with Gasteiger partial charge in [-0.25, -0.2) is 0 Å². The number of rotatable bonds is 7. The van der Waals surface area contributed by atoms with Crippen LogP contribution in [0.5, 0.6) is 5.75 Å². The average molecular weight is 263 g/mol. The quantitative estimate of drug-likeness (QED) is 0.820. The Bertz CT molecular complexity index is 373. The number of hydrogen-bond acceptors (Lipinski definition) is 3. The molecule has 0 amide bonds. The number of para-hydroxylation sites is 1. The molecule has 0 bridgehead atoms. The zero-order chi connectivity index (χ0) is 13.5. The third-order valence-corrected chi connectivity index (χ3v) is 3.26. The summed E-state index contributed by atoms with van der Waals surface area (Å²) in [5.41, 5.74) is 1.22. The molecule has 0 aliphatic carbocycles. The predicted molar refractivity (Wildman–Crippen MR) is 77.5 cm³/mol. The summed E-state index contributed by atoms with van der Waals surface area (Å²) in [6.07, 6.45) is 2.77. The highest BCUT2D eigenvalue weighted by molar-refractivity contribution is 5.33. The van der Waals surface area contributed by atoms with E-state index in [4.69, 9.17) is 9.47 Å². The van der Waals surface area contributed by atoms with Gasteiger partial charge in [0.15, 0.2) is 0 Å². The fourth-order valence-electron chi connectivity index (χ4n) is 2.22. The fourth-order valence-corrected chi connectivity index (χ4v) is 2.22. The second-order valence-corrected chi connectivity index (χ2v) is 5.58. The SMILES string of the molecule is CC(C)COc1ccccc1CNC[C@@H]1CCCO1. The van der Waals surface area contributed by atoms with Crippen LogP contribution in [0, 0.1) is 5.92 Å². The third kappa shape index (κ3) is 4.84. The van der Waals surface area contributed by atoms with Gasteiger partial charge in [-0.05, 0) is 24.8 Å². The Morgan fingerprint density at radius 1 is 1.37 bits per heavy atom. The Hall–Kier alpha value is -1.06. The Morgan fingerprint density at radius 3 is 2.95 bits per heavy atom. The van der Waals surface area contributed by atoms with Crippen molar-refractivity contribution in [2.45, 2.75) is 39.3 Å². The molecule has 0 radical (unpaired) electrons. The molecule has 1 saturated heterocycles. The molecular formula is C16H25NO2. The molecule has 106 valence electrons. The minimum Gasteiger partial charge on any atom is -0.493 e. The molecule has 3 nitrogen and oxygen atoms in total. The molecule has 1 heterocycles. The largest absolute Gasteiger partial charge is 0.493 e. The maximum Gasteiger partial charge on any atom is 0.123 e.